The fourth-order valence-electron chi connectivity index (χ4n) is 2.22. The molecule has 2 N–H and O–H groups in total. The molecule has 0 unspecified atom stereocenters. The Morgan fingerprint density at radius 1 is 0.962 bits per heavy atom. The van der Waals surface area contributed by atoms with Crippen LogP contribution in [0.4, 0.5) is 15.6 Å². The number of urea groups is 1. The van der Waals surface area contributed by atoms with Crippen molar-refractivity contribution in [1.29, 1.82) is 0 Å². The molecule has 8 heteroatoms. The molecular weight excluding hydrogens is 354 g/mol. The second-order valence-corrected chi connectivity index (χ2v) is 5.90. The Balaban J connectivity index is 1.83. The van der Waals surface area contributed by atoms with Crippen LogP contribution in [0.1, 0.15) is 0 Å². The number of benzene rings is 2. The van der Waals surface area contributed by atoms with E-state index >= 15 is 0 Å². The lowest BCUT2D eigenvalue weighted by Gasteiger charge is -2.16. The average Bonchev–Trinajstić information content (AvgIpc) is 3.16. The molecule has 134 valence electrons. The van der Waals surface area contributed by atoms with E-state index in [1.807, 2.05) is 0 Å². The van der Waals surface area contributed by atoms with E-state index in [0.29, 0.717) is 33.8 Å². The van der Waals surface area contributed by atoms with Gasteiger partial charge >= 0.3 is 6.03 Å². The van der Waals surface area contributed by atoms with Crippen molar-refractivity contribution in [3.8, 4) is 23.0 Å². The summed E-state index contributed by atoms with van der Waals surface area (Å²) in [4.78, 5) is 16.2. The van der Waals surface area contributed by atoms with Crippen molar-refractivity contribution in [2.45, 2.75) is 0 Å². The fraction of sp³-hybridized carbons (Fsp3) is 0.111. The third kappa shape index (κ3) is 4.04. The number of carbonyl (C=O) groups is 1. The van der Waals surface area contributed by atoms with Gasteiger partial charge in [-0.15, -0.1) is 11.3 Å². The molecular formula is C18H17N3O4S. The molecule has 1 aromatic heterocycles. The molecule has 0 aliphatic heterocycles. The molecule has 0 fully saturated rings. The van der Waals surface area contributed by atoms with Gasteiger partial charge in [0.1, 0.15) is 0 Å². The number of thiazole rings is 1. The number of nitrogens with one attached hydrogen (secondary N) is 2. The van der Waals surface area contributed by atoms with Gasteiger partial charge in [0.2, 0.25) is 5.75 Å². The molecule has 0 aliphatic carbocycles. The molecule has 1 heterocycles. The number of hydrogen-bond acceptors (Lipinski definition) is 6. The number of carbonyl (C=O) groups excluding carboxylic acids is 1. The topological polar surface area (TPSA) is 81.7 Å². The summed E-state index contributed by atoms with van der Waals surface area (Å²) in [6, 6.07) is 12.0. The van der Waals surface area contributed by atoms with E-state index in [-0.39, 0.29) is 0 Å². The van der Waals surface area contributed by atoms with Crippen LogP contribution >= 0.6 is 11.3 Å². The van der Waals surface area contributed by atoms with Gasteiger partial charge in [-0.1, -0.05) is 18.2 Å². The zero-order valence-corrected chi connectivity index (χ0v) is 15.0. The van der Waals surface area contributed by atoms with E-state index in [0.717, 1.165) is 0 Å². The minimum Gasteiger partial charge on any atom is -0.493 e. The largest absolute Gasteiger partial charge is 0.493 e. The number of rotatable bonds is 6. The molecule has 2 amide bonds. The number of amides is 2. The lowest BCUT2D eigenvalue weighted by Crippen LogP contribution is -2.19. The van der Waals surface area contributed by atoms with Crippen LogP contribution in [0.15, 0.2) is 54.0 Å². The van der Waals surface area contributed by atoms with Crippen molar-refractivity contribution < 1.29 is 19.0 Å². The molecule has 2 aromatic carbocycles. The molecule has 0 radical (unpaired) electrons. The predicted octanol–water partition coefficient (Wildman–Crippen LogP) is 4.60. The van der Waals surface area contributed by atoms with E-state index in [2.05, 4.69) is 15.6 Å². The molecule has 0 aliphatic rings. The summed E-state index contributed by atoms with van der Waals surface area (Å²) in [6.45, 7) is 0. The normalized spacial score (nSPS) is 10.1. The summed E-state index contributed by atoms with van der Waals surface area (Å²) < 4.78 is 16.7. The average molecular weight is 371 g/mol. The second kappa shape index (κ2) is 8.21. The highest BCUT2D eigenvalue weighted by Crippen LogP contribution is 2.41. The van der Waals surface area contributed by atoms with E-state index < -0.39 is 6.03 Å². The molecule has 0 atom stereocenters. The first-order chi connectivity index (χ1) is 12.7. The minimum absolute atomic E-state index is 0.414. The zero-order valence-electron chi connectivity index (χ0n) is 14.2. The maximum absolute atomic E-state index is 12.2. The summed E-state index contributed by atoms with van der Waals surface area (Å²) in [6.07, 6.45) is 1.62. The Morgan fingerprint density at radius 2 is 1.65 bits per heavy atom. The van der Waals surface area contributed by atoms with Crippen LogP contribution in [0.5, 0.6) is 23.0 Å². The quantitative estimate of drug-likeness (QED) is 0.662. The van der Waals surface area contributed by atoms with Crippen LogP contribution in [0.2, 0.25) is 0 Å². The van der Waals surface area contributed by atoms with Gasteiger partial charge in [0, 0.05) is 11.6 Å². The molecule has 26 heavy (non-hydrogen) atoms. The summed E-state index contributed by atoms with van der Waals surface area (Å²) in [5.74, 6) is 1.91. The first kappa shape index (κ1) is 17.6. The molecule has 0 saturated heterocycles. The Labute approximate surface area is 154 Å². The Bertz CT molecular complexity index is 862. The van der Waals surface area contributed by atoms with E-state index in [1.54, 1.807) is 68.3 Å². The standard InChI is InChI=1S/C18H17N3O4S/c1-23-14-8-5-9-15(24-2)16(14)25-13-7-4-3-6-12(13)20-17(22)21-18-19-10-11-26-18/h3-11H,1-2H3,(H2,19,20,21,22). The number of hydrogen-bond donors (Lipinski definition) is 2. The van der Waals surface area contributed by atoms with Crippen molar-refractivity contribution in [3.05, 3.63) is 54.0 Å². The Hall–Kier alpha value is -3.26. The van der Waals surface area contributed by atoms with Crippen molar-refractivity contribution in [1.82, 2.24) is 4.98 Å². The summed E-state index contributed by atoms with van der Waals surface area (Å²) >= 11 is 1.33. The third-order valence-electron chi connectivity index (χ3n) is 3.38. The summed E-state index contributed by atoms with van der Waals surface area (Å²) in [5, 5.41) is 7.70. The third-order valence-corrected chi connectivity index (χ3v) is 4.07. The maximum Gasteiger partial charge on any atom is 0.325 e. The maximum atomic E-state index is 12.2. The van der Waals surface area contributed by atoms with Gasteiger partial charge in [-0.05, 0) is 24.3 Å². The summed E-state index contributed by atoms with van der Waals surface area (Å²) in [5.41, 5.74) is 0.495. The molecule has 0 saturated carbocycles. The number of ether oxygens (including phenoxy) is 3. The highest BCUT2D eigenvalue weighted by molar-refractivity contribution is 7.13. The number of methoxy groups -OCH3 is 2. The first-order valence-electron chi connectivity index (χ1n) is 7.66. The van der Waals surface area contributed by atoms with E-state index in [1.165, 1.54) is 11.3 Å². The van der Waals surface area contributed by atoms with Gasteiger partial charge in [0.15, 0.2) is 22.4 Å². The van der Waals surface area contributed by atoms with Crippen LogP contribution in [0.25, 0.3) is 0 Å². The molecule has 0 bridgehead atoms. The van der Waals surface area contributed by atoms with Gasteiger partial charge in [0.25, 0.3) is 0 Å². The second-order valence-electron chi connectivity index (χ2n) is 5.01. The van der Waals surface area contributed by atoms with Crippen LogP contribution < -0.4 is 24.8 Å². The number of para-hydroxylation sites is 3. The number of nitrogens with zero attached hydrogens (tertiary/aromatic N) is 1. The monoisotopic (exact) mass is 371 g/mol. The van der Waals surface area contributed by atoms with Crippen molar-refractivity contribution >= 4 is 28.2 Å². The smallest absolute Gasteiger partial charge is 0.325 e. The molecule has 3 rings (SSSR count). The van der Waals surface area contributed by atoms with Gasteiger partial charge in [-0.25, -0.2) is 9.78 Å². The van der Waals surface area contributed by atoms with Crippen LogP contribution in [-0.4, -0.2) is 25.2 Å². The molecule has 0 spiro atoms. The van der Waals surface area contributed by atoms with Gasteiger partial charge in [-0.2, -0.15) is 0 Å². The highest BCUT2D eigenvalue weighted by atomic mass is 32.1. The zero-order chi connectivity index (χ0) is 18.4. The Morgan fingerprint density at radius 3 is 2.31 bits per heavy atom. The molecule has 3 aromatic rings. The lowest BCUT2D eigenvalue weighted by molar-refractivity contribution is 0.262. The van der Waals surface area contributed by atoms with Crippen molar-refractivity contribution in [3.63, 3.8) is 0 Å². The fourth-order valence-corrected chi connectivity index (χ4v) is 2.75. The summed E-state index contributed by atoms with van der Waals surface area (Å²) in [7, 11) is 3.10. The SMILES string of the molecule is COc1cccc(OC)c1Oc1ccccc1NC(=O)Nc1nccs1. The minimum atomic E-state index is -0.414. The lowest BCUT2D eigenvalue weighted by atomic mass is 10.2. The number of anilines is 2. The number of aromatic nitrogens is 1. The van der Waals surface area contributed by atoms with Crippen LogP contribution in [0, 0.1) is 0 Å². The van der Waals surface area contributed by atoms with Gasteiger partial charge < -0.3 is 19.5 Å². The van der Waals surface area contributed by atoms with Crippen molar-refractivity contribution in [2.24, 2.45) is 0 Å². The Kier molecular flexibility index (Phi) is 5.55. The predicted molar refractivity (Wildman–Crippen MR) is 101 cm³/mol. The molecule has 7 nitrogen and oxygen atoms in total. The van der Waals surface area contributed by atoms with Crippen LogP contribution in [0.3, 0.4) is 0 Å². The first-order valence-corrected chi connectivity index (χ1v) is 8.54. The van der Waals surface area contributed by atoms with Gasteiger partial charge in [-0.3, -0.25) is 5.32 Å². The van der Waals surface area contributed by atoms with E-state index in [4.69, 9.17) is 14.2 Å². The van der Waals surface area contributed by atoms with Crippen molar-refractivity contribution in [2.75, 3.05) is 24.9 Å². The van der Waals surface area contributed by atoms with Gasteiger partial charge in [0.05, 0.1) is 19.9 Å². The van der Waals surface area contributed by atoms with Crippen LogP contribution in [-0.2, 0) is 0 Å². The van der Waals surface area contributed by atoms with E-state index in [9.17, 15) is 4.79 Å². The highest BCUT2D eigenvalue weighted by Gasteiger charge is 2.15.